The zero-order valence-corrected chi connectivity index (χ0v) is 27.9. The van der Waals surface area contributed by atoms with E-state index < -0.39 is 23.2 Å². The van der Waals surface area contributed by atoms with E-state index in [1.54, 1.807) is 6.56 Å². The van der Waals surface area contributed by atoms with Crippen LogP contribution < -0.4 is 0 Å². The topological polar surface area (TPSA) is 25.8 Å². The van der Waals surface area contributed by atoms with Crippen molar-refractivity contribution in [2.75, 3.05) is 0 Å². The Bertz CT molecular complexity index is 1920. The van der Waals surface area contributed by atoms with Crippen molar-refractivity contribution in [3.8, 4) is 22.3 Å². The summed E-state index contributed by atoms with van der Waals surface area (Å²) in [7, 11) is 0. The Balaban J connectivity index is 1.27. The van der Waals surface area contributed by atoms with E-state index in [2.05, 4.69) is 135 Å². The quantitative estimate of drug-likeness (QED) is 0.178. The average Bonchev–Trinajstić information content (AvgIpc) is 3.64. The molecule has 45 heavy (non-hydrogen) atoms. The Kier molecular flexibility index (Phi) is 7.36. The number of hydrogen-bond acceptors (Lipinski definition) is 2. The molecule has 3 heteroatoms. The molecule has 0 aliphatic heterocycles. The Morgan fingerprint density at radius 3 is 1.31 bits per heavy atom. The first kappa shape index (κ1) is 28.0. The Morgan fingerprint density at radius 2 is 0.911 bits per heavy atom. The molecule has 4 aromatic carbocycles. The molecule has 0 radical (unpaired) electrons. The Hall–Kier alpha value is -4.46. The summed E-state index contributed by atoms with van der Waals surface area (Å²) < 4.78 is 3.09. The maximum atomic E-state index is 4.93. The van der Waals surface area contributed by atoms with Gasteiger partial charge in [0.25, 0.3) is 0 Å². The van der Waals surface area contributed by atoms with Gasteiger partial charge < -0.3 is 0 Å². The molecule has 0 spiro atoms. The van der Waals surface area contributed by atoms with Crippen molar-refractivity contribution in [3.63, 3.8) is 0 Å². The summed E-state index contributed by atoms with van der Waals surface area (Å²) in [5.41, 5.74) is 15.4. The minimum atomic E-state index is -1.30. The van der Waals surface area contributed by atoms with E-state index in [9.17, 15) is 0 Å². The molecule has 2 nitrogen and oxygen atoms in total. The first-order chi connectivity index (χ1) is 22.1. The van der Waals surface area contributed by atoms with Gasteiger partial charge in [-0.2, -0.15) is 0 Å². The van der Waals surface area contributed by atoms with Gasteiger partial charge in [-0.15, -0.1) is 0 Å². The molecule has 2 heterocycles. The minimum absolute atomic E-state index is 0.170. The van der Waals surface area contributed by atoms with Gasteiger partial charge in [0.2, 0.25) is 0 Å². The summed E-state index contributed by atoms with van der Waals surface area (Å²) in [5, 5.41) is 0. The predicted molar refractivity (Wildman–Crippen MR) is 181 cm³/mol. The van der Waals surface area contributed by atoms with Crippen molar-refractivity contribution in [2.24, 2.45) is 0 Å². The number of fused-ring (bicyclic) bond motifs is 2. The molecule has 0 saturated carbocycles. The molecule has 6 aromatic rings. The molecule has 8 rings (SSSR count). The zero-order chi connectivity index (χ0) is 30.3. The zero-order valence-electron chi connectivity index (χ0n) is 25.4. The van der Waals surface area contributed by atoms with Crippen molar-refractivity contribution in [1.29, 1.82) is 0 Å². The van der Waals surface area contributed by atoms with Crippen LogP contribution in [0.25, 0.3) is 34.4 Å². The fourth-order valence-electron chi connectivity index (χ4n) is 6.89. The monoisotopic (exact) mass is 654 g/mol. The van der Waals surface area contributed by atoms with Crippen molar-refractivity contribution < 1.29 is 23.2 Å². The van der Waals surface area contributed by atoms with E-state index in [0.717, 1.165) is 11.4 Å². The van der Waals surface area contributed by atoms with Gasteiger partial charge in [0.1, 0.15) is 0 Å². The van der Waals surface area contributed by atoms with Crippen LogP contribution in [0.1, 0.15) is 56.6 Å². The van der Waals surface area contributed by atoms with Crippen LogP contribution in [0.3, 0.4) is 0 Å². The molecule has 2 aromatic heterocycles. The molecule has 0 bridgehead atoms. The third-order valence-corrected chi connectivity index (χ3v) is 12.7. The molecular formula is C42H32N2Zr. The van der Waals surface area contributed by atoms with Crippen molar-refractivity contribution in [1.82, 2.24) is 9.97 Å². The molecule has 2 aliphatic carbocycles. The summed E-state index contributed by atoms with van der Waals surface area (Å²) in [6, 6.07) is 44.2. The summed E-state index contributed by atoms with van der Waals surface area (Å²) in [4.78, 5) is 9.86. The van der Waals surface area contributed by atoms with Crippen LogP contribution in [0.15, 0.2) is 140 Å². The number of hydrogen-bond donors (Lipinski definition) is 0. The molecule has 2 atom stereocenters. The number of pyridine rings is 2. The Morgan fingerprint density at radius 1 is 0.467 bits per heavy atom. The van der Waals surface area contributed by atoms with Crippen LogP contribution in [-0.4, -0.2) is 9.97 Å². The number of aryl methyl sites for hydroxylation is 2. The first-order valence-corrected chi connectivity index (χ1v) is 18.0. The first-order valence-electron chi connectivity index (χ1n) is 15.6. The van der Waals surface area contributed by atoms with Crippen molar-refractivity contribution >= 4 is 12.2 Å². The Labute approximate surface area is 276 Å². The summed E-state index contributed by atoms with van der Waals surface area (Å²) in [6.07, 6.45) is 8.93. The average molecular weight is 656 g/mol. The van der Waals surface area contributed by atoms with E-state index in [1.807, 2.05) is 24.5 Å². The van der Waals surface area contributed by atoms with E-state index in [-0.39, 0.29) is 11.8 Å². The molecule has 0 N–H and O–H groups in total. The fourth-order valence-corrected chi connectivity index (χ4v) is 11.0. The van der Waals surface area contributed by atoms with Crippen LogP contribution in [0.2, 0.25) is 0 Å². The number of allylic oxidation sites excluding steroid dienone is 2. The maximum absolute atomic E-state index is 4.93. The normalized spacial score (nSPS) is 16.5. The predicted octanol–water partition coefficient (Wildman–Crippen LogP) is 10.2. The van der Waals surface area contributed by atoms with Gasteiger partial charge in [-0.25, -0.2) is 0 Å². The van der Waals surface area contributed by atoms with Gasteiger partial charge >= 0.3 is 278 Å². The van der Waals surface area contributed by atoms with Gasteiger partial charge in [0.15, 0.2) is 0 Å². The molecule has 0 saturated heterocycles. The second-order valence-electron chi connectivity index (χ2n) is 12.0. The van der Waals surface area contributed by atoms with E-state index >= 15 is 0 Å². The van der Waals surface area contributed by atoms with Crippen LogP contribution in [0.4, 0.5) is 0 Å². The van der Waals surface area contributed by atoms with Crippen molar-refractivity contribution in [3.05, 3.63) is 185 Å². The molecule has 2 unspecified atom stereocenters. The second-order valence-corrected chi connectivity index (χ2v) is 15.5. The number of rotatable bonds is 6. The van der Waals surface area contributed by atoms with Crippen molar-refractivity contribution in [2.45, 2.75) is 25.7 Å². The van der Waals surface area contributed by atoms with Gasteiger partial charge in [-0.3, -0.25) is 0 Å². The van der Waals surface area contributed by atoms with Crippen LogP contribution in [0, 0.1) is 13.8 Å². The van der Waals surface area contributed by atoms with Gasteiger partial charge in [0.05, 0.1) is 0 Å². The molecule has 214 valence electrons. The van der Waals surface area contributed by atoms with Gasteiger partial charge in [-0.05, 0) is 0 Å². The van der Waals surface area contributed by atoms with E-state index in [4.69, 9.17) is 9.97 Å². The third kappa shape index (κ3) is 5.20. The number of benzene rings is 4. The fraction of sp³-hybridized carbons (Fsp3) is 0.0952. The van der Waals surface area contributed by atoms with Crippen LogP contribution >= 0.6 is 0 Å². The van der Waals surface area contributed by atoms with Crippen LogP contribution in [-0.2, 0) is 23.2 Å². The van der Waals surface area contributed by atoms with E-state index in [1.165, 1.54) is 55.6 Å². The number of nitrogens with zero attached hydrogens (tertiary/aromatic N) is 2. The second kappa shape index (κ2) is 11.8. The SMILES string of the molecule is Cc1ccc(-c2cccc3c2C=[C]([Zr][C]2=Cc4c(-c5ccc(C)cc5)cccc4C2c2ccccn2)C3c2ccccn2)cc1. The number of aromatic nitrogens is 2. The van der Waals surface area contributed by atoms with Crippen LogP contribution in [0.5, 0.6) is 0 Å². The standard InChI is InChI=1S/2C21H16N.Zr/c2*1-15-8-10-16(11-9-15)17-5-4-6-18-19(17)12-13-20(18)21-7-2-3-14-22-21;/h2*2-12,14,20H,1H3;. The van der Waals surface area contributed by atoms with Gasteiger partial charge in [-0.1, -0.05) is 0 Å². The molecule has 0 amide bonds. The third-order valence-electron chi connectivity index (χ3n) is 9.10. The van der Waals surface area contributed by atoms with Gasteiger partial charge in [0, 0.05) is 0 Å². The van der Waals surface area contributed by atoms with E-state index in [0.29, 0.717) is 0 Å². The summed E-state index contributed by atoms with van der Waals surface area (Å²) in [5.74, 6) is 0.340. The summed E-state index contributed by atoms with van der Waals surface area (Å²) >= 11 is -1.30. The summed E-state index contributed by atoms with van der Waals surface area (Å²) in [6.45, 7) is 4.30. The molecule has 0 fully saturated rings. The molecule has 2 aliphatic rings. The molecular weight excluding hydrogens is 624 g/mol.